The summed E-state index contributed by atoms with van der Waals surface area (Å²) in [5, 5.41) is 8.80. The molecule has 10 heteroatoms. The lowest BCUT2D eigenvalue weighted by Crippen LogP contribution is -2.34. The summed E-state index contributed by atoms with van der Waals surface area (Å²) in [6, 6.07) is 5.33. The highest BCUT2D eigenvalue weighted by Gasteiger charge is 2.30. The molecule has 174 valence electrons. The molecule has 7 nitrogen and oxygen atoms in total. The lowest BCUT2D eigenvalue weighted by Gasteiger charge is -2.14. The van der Waals surface area contributed by atoms with E-state index in [-0.39, 0.29) is 5.75 Å². The number of alkyl halides is 3. The minimum absolute atomic E-state index is 0.304. The number of guanidine groups is 1. The number of rotatable bonds is 12. The lowest BCUT2D eigenvalue weighted by atomic mass is 10.2. The van der Waals surface area contributed by atoms with Gasteiger partial charge in [-0.1, -0.05) is 13.5 Å². The summed E-state index contributed by atoms with van der Waals surface area (Å²) >= 11 is 0. The molecular weight excluding hydrogens is 411 g/mol. The van der Waals surface area contributed by atoms with Crippen LogP contribution in [0.15, 0.2) is 46.7 Å². The van der Waals surface area contributed by atoms with Gasteiger partial charge < -0.3 is 25.4 Å². The van der Waals surface area contributed by atoms with E-state index in [0.717, 1.165) is 38.9 Å². The molecule has 0 aromatic heterocycles. The largest absolute Gasteiger partial charge is 0.573 e. The Morgan fingerprint density at radius 3 is 2.42 bits per heavy atom. The molecule has 0 unspecified atom stereocenters. The monoisotopic (exact) mass is 443 g/mol. The summed E-state index contributed by atoms with van der Waals surface area (Å²) in [6.07, 6.45) is -0.748. The van der Waals surface area contributed by atoms with Crippen molar-refractivity contribution in [1.82, 2.24) is 10.6 Å². The first-order valence-corrected chi connectivity index (χ1v) is 10.2. The zero-order valence-electron chi connectivity index (χ0n) is 18.3. The van der Waals surface area contributed by atoms with Gasteiger partial charge in [0.25, 0.3) is 0 Å². The Hall–Kier alpha value is -2.75. The maximum Gasteiger partial charge on any atom is 0.573 e. The highest BCUT2D eigenvalue weighted by molar-refractivity contribution is 6.02. The topological polar surface area (TPSA) is 79.3 Å². The van der Waals surface area contributed by atoms with Crippen molar-refractivity contribution in [2.75, 3.05) is 32.1 Å². The minimum atomic E-state index is -4.73. The Bertz CT molecular complexity index is 719. The fourth-order valence-electron chi connectivity index (χ4n) is 2.35. The van der Waals surface area contributed by atoms with Gasteiger partial charge in [0.15, 0.2) is 0 Å². The molecule has 0 bridgehead atoms. The first-order valence-electron chi connectivity index (χ1n) is 10.2. The average molecular weight is 444 g/mol. The predicted molar refractivity (Wildman–Crippen MR) is 118 cm³/mol. The van der Waals surface area contributed by atoms with Gasteiger partial charge in [0.1, 0.15) is 11.6 Å². The average Bonchev–Trinajstić information content (AvgIpc) is 2.70. The van der Waals surface area contributed by atoms with Crippen molar-refractivity contribution < 1.29 is 22.6 Å². The van der Waals surface area contributed by atoms with Crippen molar-refractivity contribution >= 4 is 17.5 Å². The van der Waals surface area contributed by atoms with Crippen molar-refractivity contribution in [2.45, 2.75) is 45.9 Å². The van der Waals surface area contributed by atoms with Gasteiger partial charge in [0.2, 0.25) is 5.96 Å². The van der Waals surface area contributed by atoms with E-state index in [1.165, 1.54) is 24.3 Å². The van der Waals surface area contributed by atoms with Gasteiger partial charge in [0, 0.05) is 32.5 Å². The lowest BCUT2D eigenvalue weighted by molar-refractivity contribution is -0.274. The molecule has 31 heavy (non-hydrogen) atoms. The maximum absolute atomic E-state index is 12.3. The molecule has 0 heterocycles. The predicted octanol–water partition coefficient (Wildman–Crippen LogP) is 4.65. The van der Waals surface area contributed by atoms with Crippen molar-refractivity contribution in [2.24, 2.45) is 9.98 Å². The molecule has 3 N–H and O–H groups in total. The van der Waals surface area contributed by atoms with E-state index in [2.05, 4.69) is 44.2 Å². The van der Waals surface area contributed by atoms with Gasteiger partial charge in [-0.05, 0) is 56.9 Å². The van der Waals surface area contributed by atoms with E-state index < -0.39 is 6.36 Å². The quantitative estimate of drug-likeness (QED) is 0.249. The molecular formula is C21H32F3N5O2. The SMILES string of the molecule is C=C(NC)NC(=NC(C)=NCCCCCOCCC)Nc1ccc(OC(F)(F)F)cc1. The van der Waals surface area contributed by atoms with Crippen LogP contribution in [0.25, 0.3) is 0 Å². The number of hydrogen-bond acceptors (Lipinski definition) is 4. The Morgan fingerprint density at radius 2 is 1.81 bits per heavy atom. The van der Waals surface area contributed by atoms with E-state index in [1.807, 2.05) is 0 Å². The minimum Gasteiger partial charge on any atom is -0.406 e. The summed E-state index contributed by atoms with van der Waals surface area (Å²) in [4.78, 5) is 8.85. The molecule has 0 amide bonds. The summed E-state index contributed by atoms with van der Waals surface area (Å²) < 4.78 is 46.2. The third-order valence-corrected chi connectivity index (χ3v) is 3.83. The normalized spacial score (nSPS) is 12.5. The number of nitrogens with zero attached hydrogens (tertiary/aromatic N) is 2. The van der Waals surface area contributed by atoms with E-state index in [9.17, 15) is 13.2 Å². The number of benzene rings is 1. The van der Waals surface area contributed by atoms with Gasteiger partial charge in [-0.2, -0.15) is 0 Å². The zero-order valence-corrected chi connectivity index (χ0v) is 18.3. The summed E-state index contributed by atoms with van der Waals surface area (Å²) in [5.74, 6) is 1.07. The molecule has 0 aliphatic rings. The molecule has 0 saturated heterocycles. The smallest absolute Gasteiger partial charge is 0.406 e. The van der Waals surface area contributed by atoms with Crippen molar-refractivity contribution in [1.29, 1.82) is 0 Å². The number of aliphatic imine (C=N–C) groups is 2. The molecule has 0 radical (unpaired) electrons. The van der Waals surface area contributed by atoms with Gasteiger partial charge in [-0.25, -0.2) is 4.99 Å². The van der Waals surface area contributed by atoms with Crippen LogP contribution in [-0.2, 0) is 4.74 Å². The highest BCUT2D eigenvalue weighted by Crippen LogP contribution is 2.23. The highest BCUT2D eigenvalue weighted by atomic mass is 19.4. The van der Waals surface area contributed by atoms with Crippen LogP contribution < -0.4 is 20.7 Å². The Balaban J connectivity index is 2.66. The van der Waals surface area contributed by atoms with Crippen LogP contribution in [0.1, 0.15) is 39.5 Å². The van der Waals surface area contributed by atoms with Gasteiger partial charge in [0.05, 0.1) is 5.82 Å². The van der Waals surface area contributed by atoms with Gasteiger partial charge in [-0.3, -0.25) is 4.99 Å². The Labute approximate surface area is 181 Å². The molecule has 1 rings (SSSR count). The molecule has 0 spiro atoms. The first-order chi connectivity index (χ1) is 14.7. The second kappa shape index (κ2) is 14.3. The van der Waals surface area contributed by atoms with E-state index in [1.54, 1.807) is 14.0 Å². The van der Waals surface area contributed by atoms with Crippen LogP contribution in [0.3, 0.4) is 0 Å². The van der Waals surface area contributed by atoms with Crippen LogP contribution in [-0.4, -0.2) is 45.0 Å². The third kappa shape index (κ3) is 13.2. The first kappa shape index (κ1) is 26.3. The maximum atomic E-state index is 12.3. The van der Waals surface area contributed by atoms with Crippen molar-refractivity contribution in [3.05, 3.63) is 36.7 Å². The number of unbranched alkanes of at least 4 members (excludes halogenated alkanes) is 2. The number of ether oxygens (including phenoxy) is 2. The summed E-state index contributed by atoms with van der Waals surface area (Å²) in [5.41, 5.74) is 0.518. The number of nitrogens with one attached hydrogen (secondary N) is 3. The number of amidine groups is 1. The third-order valence-electron chi connectivity index (χ3n) is 3.83. The van der Waals surface area contributed by atoms with E-state index in [4.69, 9.17) is 4.74 Å². The van der Waals surface area contributed by atoms with Crippen LogP contribution in [0, 0.1) is 0 Å². The summed E-state index contributed by atoms with van der Waals surface area (Å²) in [7, 11) is 1.70. The molecule has 0 aliphatic heterocycles. The number of anilines is 1. The zero-order chi connectivity index (χ0) is 23.1. The Kier molecular flexibility index (Phi) is 12.1. The molecule has 1 aromatic rings. The van der Waals surface area contributed by atoms with Gasteiger partial charge >= 0.3 is 6.36 Å². The van der Waals surface area contributed by atoms with Gasteiger partial charge in [-0.15, -0.1) is 13.2 Å². The van der Waals surface area contributed by atoms with Crippen LogP contribution in [0.2, 0.25) is 0 Å². The molecule has 0 fully saturated rings. The fourth-order valence-corrected chi connectivity index (χ4v) is 2.35. The van der Waals surface area contributed by atoms with Crippen molar-refractivity contribution in [3.8, 4) is 5.75 Å². The second-order valence-corrected chi connectivity index (χ2v) is 6.61. The van der Waals surface area contributed by atoms with Crippen molar-refractivity contribution in [3.63, 3.8) is 0 Å². The Morgan fingerprint density at radius 1 is 1.10 bits per heavy atom. The van der Waals surface area contributed by atoms with Crippen LogP contribution in [0.4, 0.5) is 18.9 Å². The summed E-state index contributed by atoms with van der Waals surface area (Å²) in [6.45, 7) is 9.86. The molecule has 1 aromatic carbocycles. The standard InChI is InChI=1S/C21H32F3N5O2/c1-5-14-30-15-8-6-7-13-26-17(3)28-20(27-16(2)25-4)29-18-9-11-19(12-10-18)31-21(22,23)24/h9-12,25H,2,5-8,13-15H2,1,3-4H3,(H2,26,27,28,29). The molecule has 0 aliphatic carbocycles. The number of hydrogen-bond donors (Lipinski definition) is 3. The van der Waals surface area contributed by atoms with Crippen LogP contribution in [0.5, 0.6) is 5.75 Å². The number of halogens is 3. The van der Waals surface area contributed by atoms with E-state index in [0.29, 0.717) is 29.8 Å². The second-order valence-electron chi connectivity index (χ2n) is 6.61. The molecule has 0 atom stereocenters. The van der Waals surface area contributed by atoms with Crippen LogP contribution >= 0.6 is 0 Å². The molecule has 0 saturated carbocycles. The fraction of sp³-hybridized carbons (Fsp3) is 0.524. The van der Waals surface area contributed by atoms with E-state index >= 15 is 0 Å².